The second-order valence-corrected chi connectivity index (χ2v) is 3.81. The lowest BCUT2D eigenvalue weighted by Crippen LogP contribution is -2.37. The molecule has 1 unspecified atom stereocenters. The molecule has 1 fully saturated rings. The Morgan fingerprint density at radius 1 is 1.64 bits per heavy atom. The van der Waals surface area contributed by atoms with Crippen LogP contribution in [0.15, 0.2) is 0 Å². The van der Waals surface area contributed by atoms with E-state index in [1.807, 2.05) is 0 Å². The summed E-state index contributed by atoms with van der Waals surface area (Å²) >= 11 is -1.77. The molecule has 1 aliphatic rings. The molecule has 1 N–H and O–H groups in total. The molecule has 1 atom stereocenters. The molecule has 0 aromatic heterocycles. The zero-order valence-corrected chi connectivity index (χ0v) is 6.97. The van der Waals surface area contributed by atoms with Crippen molar-refractivity contribution in [2.24, 2.45) is 5.92 Å². The Kier molecular flexibility index (Phi) is 2.62. The van der Waals surface area contributed by atoms with Crippen molar-refractivity contribution in [2.45, 2.75) is 18.1 Å². The maximum atomic E-state index is 10.8. The fourth-order valence-corrected chi connectivity index (χ4v) is 1.88. The number of methoxy groups -OCH3 is 1. The van der Waals surface area contributed by atoms with Crippen LogP contribution in [0.25, 0.3) is 0 Å². The third-order valence-corrected chi connectivity index (χ3v) is 2.87. The number of ether oxygens (including phenoxy) is 1. The summed E-state index contributed by atoms with van der Waals surface area (Å²) in [5.74, 6) is -0.423. The number of carbonyl (C=O) groups is 1. The predicted octanol–water partition coefficient (Wildman–Crippen LogP) is 0.160. The molecule has 0 radical (unpaired) electrons. The van der Waals surface area contributed by atoms with E-state index in [-0.39, 0.29) is 17.1 Å². The van der Waals surface area contributed by atoms with Crippen molar-refractivity contribution in [3.63, 3.8) is 0 Å². The van der Waals surface area contributed by atoms with Gasteiger partial charge in [0.2, 0.25) is 0 Å². The minimum absolute atomic E-state index is 0.152. The van der Waals surface area contributed by atoms with Gasteiger partial charge in [0.25, 0.3) is 0 Å². The average Bonchev–Trinajstić information content (AvgIpc) is 1.83. The molecule has 0 amide bonds. The first-order chi connectivity index (χ1) is 5.15. The first-order valence-electron chi connectivity index (χ1n) is 3.32. The van der Waals surface area contributed by atoms with Crippen molar-refractivity contribution in [3.8, 4) is 0 Å². The molecule has 0 aromatic rings. The fourth-order valence-electron chi connectivity index (χ4n) is 1.09. The van der Waals surface area contributed by atoms with E-state index >= 15 is 0 Å². The van der Waals surface area contributed by atoms with E-state index in [0.717, 1.165) is 0 Å². The van der Waals surface area contributed by atoms with E-state index in [2.05, 4.69) is 4.74 Å². The van der Waals surface area contributed by atoms with Gasteiger partial charge in [-0.05, 0) is 12.8 Å². The van der Waals surface area contributed by atoms with Crippen LogP contribution in [0.2, 0.25) is 0 Å². The normalized spacial score (nSPS) is 32.2. The summed E-state index contributed by atoms with van der Waals surface area (Å²) in [7, 11) is 1.32. The highest BCUT2D eigenvalue weighted by molar-refractivity contribution is 7.79. The second kappa shape index (κ2) is 3.32. The van der Waals surface area contributed by atoms with Crippen LogP contribution in [0.4, 0.5) is 0 Å². The van der Waals surface area contributed by atoms with E-state index in [0.29, 0.717) is 12.8 Å². The number of hydrogen-bond acceptors (Lipinski definition) is 3. The number of rotatable bonds is 2. The quantitative estimate of drug-likeness (QED) is 0.483. The molecule has 0 saturated heterocycles. The fraction of sp³-hybridized carbons (Fsp3) is 0.833. The van der Waals surface area contributed by atoms with E-state index in [1.54, 1.807) is 0 Å². The molecule has 1 rings (SSSR count). The van der Waals surface area contributed by atoms with Crippen LogP contribution in [0.3, 0.4) is 0 Å². The van der Waals surface area contributed by atoms with Crippen molar-refractivity contribution in [1.82, 2.24) is 0 Å². The number of esters is 1. The van der Waals surface area contributed by atoms with Gasteiger partial charge >= 0.3 is 5.97 Å². The lowest BCUT2D eigenvalue weighted by molar-refractivity contribution is -0.148. The molecule has 0 aromatic carbocycles. The first-order valence-corrected chi connectivity index (χ1v) is 4.49. The highest BCUT2D eigenvalue weighted by Gasteiger charge is 2.38. The predicted molar refractivity (Wildman–Crippen MR) is 39.3 cm³/mol. The average molecular weight is 178 g/mol. The van der Waals surface area contributed by atoms with Crippen molar-refractivity contribution < 1.29 is 18.3 Å². The van der Waals surface area contributed by atoms with Crippen LogP contribution in [0, 0.1) is 5.92 Å². The van der Waals surface area contributed by atoms with Gasteiger partial charge in [-0.15, -0.1) is 0 Å². The lowest BCUT2D eigenvalue weighted by atomic mass is 9.85. The molecule has 0 bridgehead atoms. The molecule has 1 saturated carbocycles. The zero-order valence-electron chi connectivity index (χ0n) is 6.15. The molecule has 4 nitrogen and oxygen atoms in total. The van der Waals surface area contributed by atoms with Gasteiger partial charge in [0.1, 0.15) is 0 Å². The van der Waals surface area contributed by atoms with Crippen LogP contribution < -0.4 is 0 Å². The van der Waals surface area contributed by atoms with E-state index < -0.39 is 11.1 Å². The van der Waals surface area contributed by atoms with Gasteiger partial charge in [0.15, 0.2) is 11.1 Å². The summed E-state index contributed by atoms with van der Waals surface area (Å²) in [5, 5.41) is -0.223. The van der Waals surface area contributed by atoms with Gasteiger partial charge in [0.05, 0.1) is 18.3 Å². The smallest absolute Gasteiger partial charge is 0.308 e. The molecule has 11 heavy (non-hydrogen) atoms. The van der Waals surface area contributed by atoms with E-state index in [4.69, 9.17) is 4.55 Å². The molecule has 64 valence electrons. The van der Waals surface area contributed by atoms with Crippen LogP contribution in [0.5, 0.6) is 0 Å². The maximum absolute atomic E-state index is 10.8. The van der Waals surface area contributed by atoms with Crippen molar-refractivity contribution in [2.75, 3.05) is 7.11 Å². The lowest BCUT2D eigenvalue weighted by Gasteiger charge is -2.29. The number of carbonyl (C=O) groups excluding carboxylic acids is 1. The van der Waals surface area contributed by atoms with Crippen LogP contribution in [-0.2, 0) is 20.6 Å². The second-order valence-electron chi connectivity index (χ2n) is 2.59. The van der Waals surface area contributed by atoms with Crippen LogP contribution in [-0.4, -0.2) is 27.1 Å². The molecule has 0 heterocycles. The topological polar surface area (TPSA) is 63.6 Å². The highest BCUT2D eigenvalue weighted by atomic mass is 32.2. The summed E-state index contributed by atoms with van der Waals surface area (Å²) in [6.45, 7) is 0. The maximum Gasteiger partial charge on any atom is 0.308 e. The Hall–Kier alpha value is -0.420. The van der Waals surface area contributed by atoms with Gasteiger partial charge < -0.3 is 9.29 Å². The highest BCUT2D eigenvalue weighted by Crippen LogP contribution is 2.31. The summed E-state index contributed by atoms with van der Waals surface area (Å²) in [6.07, 6.45) is 0.964. The largest absolute Gasteiger partial charge is 0.469 e. The Morgan fingerprint density at radius 3 is 2.55 bits per heavy atom. The van der Waals surface area contributed by atoms with Crippen molar-refractivity contribution in [3.05, 3.63) is 0 Å². The van der Waals surface area contributed by atoms with Gasteiger partial charge in [-0.1, -0.05) is 0 Å². The molecular weight excluding hydrogens is 168 g/mol. The third kappa shape index (κ3) is 1.78. The molecule has 1 aliphatic carbocycles. The summed E-state index contributed by atoms with van der Waals surface area (Å²) < 4.78 is 23.4. The zero-order chi connectivity index (χ0) is 8.43. The van der Waals surface area contributed by atoms with Gasteiger partial charge in [-0.25, -0.2) is 4.21 Å². The van der Waals surface area contributed by atoms with E-state index in [9.17, 15) is 9.00 Å². The number of hydrogen-bond donors (Lipinski definition) is 1. The summed E-state index contributed by atoms with van der Waals surface area (Å²) in [6, 6.07) is 0. The monoisotopic (exact) mass is 178 g/mol. The Morgan fingerprint density at radius 2 is 2.18 bits per heavy atom. The van der Waals surface area contributed by atoms with E-state index in [1.165, 1.54) is 7.11 Å². The summed E-state index contributed by atoms with van der Waals surface area (Å²) in [5.41, 5.74) is 0. The minimum Gasteiger partial charge on any atom is -0.469 e. The first kappa shape index (κ1) is 8.67. The Bertz CT molecular complexity index is 185. The van der Waals surface area contributed by atoms with Gasteiger partial charge in [-0.2, -0.15) is 0 Å². The molecule has 0 spiro atoms. The van der Waals surface area contributed by atoms with Crippen LogP contribution in [0.1, 0.15) is 12.8 Å². The minimum atomic E-state index is -1.77. The summed E-state index contributed by atoms with van der Waals surface area (Å²) in [4.78, 5) is 10.8. The van der Waals surface area contributed by atoms with Crippen molar-refractivity contribution >= 4 is 17.0 Å². The SMILES string of the molecule is COC(=O)C1CC(S(=O)O)C1. The Labute approximate surface area is 67.2 Å². The molecular formula is C6H10O4S. The van der Waals surface area contributed by atoms with Crippen LogP contribution >= 0.6 is 0 Å². The standard InChI is InChI=1S/C6H10O4S/c1-10-6(7)4-2-5(3-4)11(8)9/h4-5H,2-3H2,1H3,(H,8,9). The Balaban J connectivity index is 2.29. The molecule has 0 aliphatic heterocycles. The van der Waals surface area contributed by atoms with Crippen molar-refractivity contribution in [1.29, 1.82) is 0 Å². The van der Waals surface area contributed by atoms with Gasteiger partial charge in [-0.3, -0.25) is 4.79 Å². The molecule has 5 heteroatoms. The van der Waals surface area contributed by atoms with Gasteiger partial charge in [0, 0.05) is 0 Å². The third-order valence-electron chi connectivity index (χ3n) is 1.91.